The van der Waals surface area contributed by atoms with Gasteiger partial charge in [0, 0.05) is 42.8 Å². The average molecular weight is 461 g/mol. The average Bonchev–Trinajstić information content (AvgIpc) is 2.81. The van der Waals surface area contributed by atoms with Crippen LogP contribution in [0.25, 0.3) is 11.4 Å². The number of amidine groups is 1. The van der Waals surface area contributed by atoms with Gasteiger partial charge in [0.05, 0.1) is 11.7 Å². The smallest absolute Gasteiger partial charge is 0.162 e. The van der Waals surface area contributed by atoms with Crippen molar-refractivity contribution in [3.05, 3.63) is 65.3 Å². The topological polar surface area (TPSA) is 70.8 Å². The Morgan fingerprint density at radius 2 is 1.97 bits per heavy atom. The monoisotopic (exact) mass is 460 g/mol. The molecule has 6 nitrogen and oxygen atoms in total. The number of aliphatic hydroxyl groups is 1. The number of allylic oxidation sites excluding steroid dienone is 3. The minimum atomic E-state index is -0.489. The Balaban J connectivity index is 2.48. The molecule has 0 saturated carbocycles. The number of hydrogen-bond donors (Lipinski definition) is 1. The van der Waals surface area contributed by atoms with Crippen molar-refractivity contribution in [3.8, 4) is 29.5 Å². The van der Waals surface area contributed by atoms with Gasteiger partial charge in [0.15, 0.2) is 5.82 Å². The summed E-state index contributed by atoms with van der Waals surface area (Å²) in [6.45, 7) is 12.9. The predicted molar refractivity (Wildman–Crippen MR) is 140 cm³/mol. The molecule has 1 atom stereocenters. The van der Waals surface area contributed by atoms with Crippen molar-refractivity contribution in [2.24, 2.45) is 4.99 Å². The van der Waals surface area contributed by atoms with Crippen LogP contribution in [0, 0.1) is 19.3 Å². The zero-order valence-electron chi connectivity index (χ0n) is 21.2. The molecule has 0 spiro atoms. The highest BCUT2D eigenvalue weighted by Crippen LogP contribution is 2.30. The molecule has 0 fully saturated rings. The van der Waals surface area contributed by atoms with Crippen molar-refractivity contribution in [1.29, 1.82) is 0 Å². The Morgan fingerprint density at radius 3 is 2.56 bits per heavy atom. The summed E-state index contributed by atoms with van der Waals surface area (Å²) in [5.74, 6) is 5.15. The molecule has 6 heteroatoms. The summed E-state index contributed by atoms with van der Waals surface area (Å²) in [5.41, 5.74) is 3.36. The molecule has 1 N–H and O–H groups in total. The van der Waals surface area contributed by atoms with E-state index in [0.717, 1.165) is 35.5 Å². The first-order valence-corrected chi connectivity index (χ1v) is 11.7. The normalized spacial score (nSPS) is 13.4. The number of rotatable bonds is 10. The lowest BCUT2D eigenvalue weighted by atomic mass is 10.1. The molecule has 0 aliphatic rings. The van der Waals surface area contributed by atoms with Crippen LogP contribution in [-0.4, -0.2) is 45.0 Å². The summed E-state index contributed by atoms with van der Waals surface area (Å²) in [6.07, 6.45) is 14.7. The van der Waals surface area contributed by atoms with Crippen LogP contribution in [0.3, 0.4) is 0 Å². The fourth-order valence-corrected chi connectivity index (χ4v) is 3.28. The lowest BCUT2D eigenvalue weighted by molar-refractivity contribution is 0.161. The fourth-order valence-electron chi connectivity index (χ4n) is 3.28. The number of likely N-dealkylation sites (N-methyl/N-ethyl adjacent to an activating group) is 1. The van der Waals surface area contributed by atoms with E-state index >= 15 is 0 Å². The quantitative estimate of drug-likeness (QED) is 0.219. The number of hydrogen-bond acceptors (Lipinski definition) is 5. The van der Waals surface area contributed by atoms with Crippen molar-refractivity contribution in [1.82, 2.24) is 14.9 Å². The number of terminal acetylenes is 1. The van der Waals surface area contributed by atoms with E-state index in [1.54, 1.807) is 19.3 Å². The van der Waals surface area contributed by atoms with Crippen molar-refractivity contribution in [2.75, 3.05) is 13.1 Å². The van der Waals surface area contributed by atoms with Gasteiger partial charge in [-0.25, -0.2) is 15.0 Å². The van der Waals surface area contributed by atoms with E-state index in [2.05, 4.69) is 28.9 Å². The summed E-state index contributed by atoms with van der Waals surface area (Å²) in [6, 6.07) is 5.54. The molecule has 0 saturated heterocycles. The first-order valence-electron chi connectivity index (χ1n) is 11.7. The number of unbranched alkanes of at least 4 members (excludes halogenated alkanes) is 1. The molecule has 1 aromatic heterocycles. The molecule has 1 aromatic carbocycles. The maximum absolute atomic E-state index is 9.99. The van der Waals surface area contributed by atoms with E-state index in [4.69, 9.17) is 16.2 Å². The third-order valence-electron chi connectivity index (χ3n) is 4.98. The molecule has 0 radical (unpaired) electrons. The van der Waals surface area contributed by atoms with E-state index in [9.17, 15) is 5.11 Å². The first-order chi connectivity index (χ1) is 16.3. The second-order valence-electron chi connectivity index (χ2n) is 8.29. The molecule has 1 heterocycles. The minimum Gasteiger partial charge on any atom is -0.461 e. The molecular weight excluding hydrogens is 424 g/mol. The largest absolute Gasteiger partial charge is 0.461 e. The van der Waals surface area contributed by atoms with Crippen LogP contribution in [0.4, 0.5) is 0 Å². The van der Waals surface area contributed by atoms with E-state index in [0.29, 0.717) is 36.0 Å². The van der Waals surface area contributed by atoms with Crippen molar-refractivity contribution in [2.45, 2.75) is 60.5 Å². The van der Waals surface area contributed by atoms with E-state index in [-0.39, 0.29) is 0 Å². The Labute approximate surface area is 204 Å². The third-order valence-corrected chi connectivity index (χ3v) is 4.98. The van der Waals surface area contributed by atoms with Crippen LogP contribution in [0.5, 0.6) is 5.75 Å². The lowest BCUT2D eigenvalue weighted by Crippen LogP contribution is -2.35. The molecule has 0 aliphatic heterocycles. The van der Waals surface area contributed by atoms with Gasteiger partial charge in [-0.3, -0.25) is 0 Å². The number of aromatic nitrogens is 2. The molecular formula is C28H36N4O2. The maximum atomic E-state index is 9.99. The third kappa shape index (κ3) is 8.17. The second kappa shape index (κ2) is 13.3. The molecule has 0 amide bonds. The number of aliphatic imine (C=N–C) groups is 1. The van der Waals surface area contributed by atoms with Crippen LogP contribution < -0.4 is 4.74 Å². The zero-order valence-corrected chi connectivity index (χ0v) is 21.2. The Hall–Kier alpha value is -3.43. The van der Waals surface area contributed by atoms with Gasteiger partial charge in [-0.15, -0.1) is 6.42 Å². The van der Waals surface area contributed by atoms with Crippen LogP contribution in [0.15, 0.2) is 59.2 Å². The molecule has 2 aromatic rings. The molecule has 0 bridgehead atoms. The highest BCUT2D eigenvalue weighted by Gasteiger charge is 2.14. The van der Waals surface area contributed by atoms with Crippen molar-refractivity contribution < 1.29 is 9.84 Å². The van der Waals surface area contributed by atoms with Crippen LogP contribution in [0.1, 0.15) is 58.6 Å². The molecule has 0 aliphatic carbocycles. The van der Waals surface area contributed by atoms with Gasteiger partial charge in [-0.1, -0.05) is 25.3 Å². The van der Waals surface area contributed by atoms with Crippen LogP contribution in [0.2, 0.25) is 0 Å². The van der Waals surface area contributed by atoms with E-state index in [1.165, 1.54) is 0 Å². The number of nitrogens with zero attached hydrogens (tertiary/aromatic N) is 4. The molecule has 2 rings (SSSR count). The summed E-state index contributed by atoms with van der Waals surface area (Å²) in [5, 5.41) is 9.99. The summed E-state index contributed by atoms with van der Waals surface area (Å²) in [7, 11) is 0. The Kier molecular flexibility index (Phi) is 10.5. The van der Waals surface area contributed by atoms with Gasteiger partial charge in [0.1, 0.15) is 17.3 Å². The first kappa shape index (κ1) is 26.8. The number of benzene rings is 1. The van der Waals surface area contributed by atoms with Crippen LogP contribution >= 0.6 is 0 Å². The van der Waals surface area contributed by atoms with Gasteiger partial charge in [-0.05, 0) is 64.8 Å². The van der Waals surface area contributed by atoms with E-state index < -0.39 is 6.10 Å². The number of aryl methyl sites for hydroxylation is 1. The van der Waals surface area contributed by atoms with Gasteiger partial charge >= 0.3 is 0 Å². The maximum Gasteiger partial charge on any atom is 0.162 e. The SMILES string of the molecule is C#Cc1ccc(-c2ncc(C)cn2)c(O/C(C)=C/C(=N\C(C)=C\CCC)N(CC)CC(C)O)c1. The summed E-state index contributed by atoms with van der Waals surface area (Å²) >= 11 is 0. The van der Waals surface area contributed by atoms with Gasteiger partial charge in [0.25, 0.3) is 0 Å². The minimum absolute atomic E-state index is 0.467. The standard InChI is InChI=1S/C28H36N4O2/c1-8-11-12-21(5)31-27(32(10-3)19-22(6)33)15-23(7)34-26-16-24(9-2)13-14-25(26)28-29-17-20(4)18-30-28/h2,12-18,22,33H,8,10-11,19H2,1,3-7H3/b21-12+,23-15+,31-27+. The highest BCUT2D eigenvalue weighted by atomic mass is 16.5. The van der Waals surface area contributed by atoms with Gasteiger partial charge in [-0.2, -0.15) is 0 Å². The summed E-state index contributed by atoms with van der Waals surface area (Å²) in [4.78, 5) is 15.7. The van der Waals surface area contributed by atoms with Crippen molar-refractivity contribution >= 4 is 5.84 Å². The summed E-state index contributed by atoms with van der Waals surface area (Å²) < 4.78 is 6.26. The van der Waals surface area contributed by atoms with Crippen LogP contribution in [-0.2, 0) is 0 Å². The fraction of sp³-hybridized carbons (Fsp3) is 0.393. The highest BCUT2D eigenvalue weighted by molar-refractivity contribution is 5.94. The lowest BCUT2D eigenvalue weighted by Gasteiger charge is -2.25. The second-order valence-corrected chi connectivity index (χ2v) is 8.29. The Bertz CT molecular complexity index is 1080. The van der Waals surface area contributed by atoms with Crippen molar-refractivity contribution in [3.63, 3.8) is 0 Å². The van der Waals surface area contributed by atoms with E-state index in [1.807, 2.05) is 56.9 Å². The molecule has 1 unspecified atom stereocenters. The van der Waals surface area contributed by atoms with Gasteiger partial charge in [0.2, 0.25) is 0 Å². The van der Waals surface area contributed by atoms with Gasteiger partial charge < -0.3 is 14.7 Å². The Morgan fingerprint density at radius 1 is 1.26 bits per heavy atom. The number of ether oxygens (including phenoxy) is 1. The number of aliphatic hydroxyl groups excluding tert-OH is 1. The zero-order chi connectivity index (χ0) is 25.1. The molecule has 180 valence electrons. The molecule has 34 heavy (non-hydrogen) atoms. The predicted octanol–water partition coefficient (Wildman–Crippen LogP) is 5.52.